The second-order valence-corrected chi connectivity index (χ2v) is 5.83. The quantitative estimate of drug-likeness (QED) is 0.809. The highest BCUT2D eigenvalue weighted by Gasteiger charge is 2.32. The summed E-state index contributed by atoms with van der Waals surface area (Å²) in [5.41, 5.74) is 1.79. The van der Waals surface area contributed by atoms with E-state index in [0.717, 1.165) is 24.3 Å². The number of benzene rings is 1. The van der Waals surface area contributed by atoms with Gasteiger partial charge in [-0.1, -0.05) is 0 Å². The Morgan fingerprint density at radius 3 is 2.58 bits per heavy atom. The maximum absolute atomic E-state index is 11.3. The van der Waals surface area contributed by atoms with Crippen molar-refractivity contribution in [3.8, 4) is 0 Å². The Morgan fingerprint density at radius 2 is 2.05 bits per heavy atom. The van der Waals surface area contributed by atoms with Crippen LogP contribution in [0.15, 0.2) is 24.3 Å². The van der Waals surface area contributed by atoms with E-state index in [1.54, 1.807) is 6.92 Å². The number of carbonyl (C=O) groups is 1. The summed E-state index contributed by atoms with van der Waals surface area (Å²) in [7, 11) is 0. The molecule has 0 spiro atoms. The Morgan fingerprint density at radius 1 is 1.42 bits per heavy atom. The van der Waals surface area contributed by atoms with Crippen LogP contribution in [0.25, 0.3) is 0 Å². The van der Waals surface area contributed by atoms with Crippen LogP contribution in [0.5, 0.6) is 0 Å². The van der Waals surface area contributed by atoms with Gasteiger partial charge in [-0.25, -0.2) is 0 Å². The zero-order valence-electron chi connectivity index (χ0n) is 11.8. The zero-order chi connectivity index (χ0) is 14.0. The first-order valence-electron chi connectivity index (χ1n) is 6.66. The third-order valence-electron chi connectivity index (χ3n) is 3.64. The summed E-state index contributed by atoms with van der Waals surface area (Å²) < 4.78 is 0. The molecule has 0 aromatic heterocycles. The second-order valence-electron chi connectivity index (χ2n) is 5.83. The Labute approximate surface area is 114 Å². The van der Waals surface area contributed by atoms with Crippen molar-refractivity contribution in [3.05, 3.63) is 29.8 Å². The van der Waals surface area contributed by atoms with E-state index in [1.807, 2.05) is 24.3 Å². The fourth-order valence-electron chi connectivity index (χ4n) is 2.47. The number of Topliss-reactive ketones (excluding diaryl/α,β-unsaturated/α-hetero) is 1. The molecule has 0 saturated carbocycles. The zero-order valence-corrected chi connectivity index (χ0v) is 11.8. The van der Waals surface area contributed by atoms with Gasteiger partial charge >= 0.3 is 0 Å². The van der Waals surface area contributed by atoms with E-state index in [-0.39, 0.29) is 24.0 Å². The van der Waals surface area contributed by atoms with Gasteiger partial charge in [-0.15, -0.1) is 0 Å². The predicted molar refractivity (Wildman–Crippen MR) is 76.7 cm³/mol. The first kappa shape index (κ1) is 14.0. The number of ketones is 1. The molecule has 1 fully saturated rings. The van der Waals surface area contributed by atoms with E-state index < -0.39 is 0 Å². The van der Waals surface area contributed by atoms with Crippen molar-refractivity contribution >= 4 is 11.5 Å². The van der Waals surface area contributed by atoms with Crippen molar-refractivity contribution in [3.63, 3.8) is 0 Å². The highest BCUT2D eigenvalue weighted by molar-refractivity contribution is 5.94. The van der Waals surface area contributed by atoms with Crippen LogP contribution in [-0.2, 0) is 0 Å². The molecular weight excluding hydrogens is 240 g/mol. The molecule has 0 radical (unpaired) electrons. The predicted octanol–water partition coefficient (Wildman–Crippen LogP) is 1.44. The van der Waals surface area contributed by atoms with E-state index >= 15 is 0 Å². The molecule has 1 aromatic rings. The smallest absolute Gasteiger partial charge is 0.159 e. The van der Waals surface area contributed by atoms with Crippen LogP contribution in [0, 0.1) is 0 Å². The van der Waals surface area contributed by atoms with E-state index in [0.29, 0.717) is 0 Å². The van der Waals surface area contributed by atoms with Gasteiger partial charge in [0.1, 0.15) is 0 Å². The monoisotopic (exact) mass is 262 g/mol. The molecule has 1 aromatic carbocycles. The largest absolute Gasteiger partial charge is 0.394 e. The summed E-state index contributed by atoms with van der Waals surface area (Å²) in [6.45, 7) is 7.58. The standard InChI is InChI=1S/C15H22N2O2/c1-11(19)12-4-6-13(7-5-12)17-10-15(2,3)16-8-14(17)9-18/h4-7,14,16,18H,8-10H2,1-3H3. The minimum absolute atomic E-state index is 0.0188. The maximum Gasteiger partial charge on any atom is 0.159 e. The molecule has 0 amide bonds. The molecular formula is C15H22N2O2. The van der Waals surface area contributed by atoms with Gasteiger partial charge in [0.15, 0.2) is 5.78 Å². The minimum Gasteiger partial charge on any atom is -0.394 e. The van der Waals surface area contributed by atoms with E-state index in [2.05, 4.69) is 24.1 Å². The molecule has 1 saturated heterocycles. The van der Waals surface area contributed by atoms with Crippen LogP contribution in [0.4, 0.5) is 5.69 Å². The maximum atomic E-state index is 11.3. The number of anilines is 1. The summed E-state index contributed by atoms with van der Waals surface area (Å²) in [5.74, 6) is 0.0749. The molecule has 0 bridgehead atoms. The third-order valence-corrected chi connectivity index (χ3v) is 3.64. The molecule has 1 aliphatic heterocycles. The van der Waals surface area contributed by atoms with Crippen LogP contribution < -0.4 is 10.2 Å². The molecule has 1 unspecified atom stereocenters. The number of piperazine rings is 1. The lowest BCUT2D eigenvalue weighted by atomic mass is 9.98. The normalized spacial score (nSPS) is 22.3. The first-order chi connectivity index (χ1) is 8.93. The van der Waals surface area contributed by atoms with E-state index in [4.69, 9.17) is 0 Å². The van der Waals surface area contributed by atoms with Crippen molar-refractivity contribution in [2.45, 2.75) is 32.4 Å². The summed E-state index contributed by atoms with van der Waals surface area (Å²) in [4.78, 5) is 13.5. The number of rotatable bonds is 3. The molecule has 19 heavy (non-hydrogen) atoms. The summed E-state index contributed by atoms with van der Waals surface area (Å²) in [5, 5.41) is 12.9. The van der Waals surface area contributed by atoms with Gasteiger partial charge < -0.3 is 15.3 Å². The van der Waals surface area contributed by atoms with Crippen molar-refractivity contribution in [2.75, 3.05) is 24.6 Å². The van der Waals surface area contributed by atoms with Crippen molar-refractivity contribution < 1.29 is 9.90 Å². The lowest BCUT2D eigenvalue weighted by Gasteiger charge is -2.45. The third kappa shape index (κ3) is 3.14. The molecule has 4 nitrogen and oxygen atoms in total. The van der Waals surface area contributed by atoms with Gasteiger partial charge in [0.2, 0.25) is 0 Å². The first-order valence-corrected chi connectivity index (χ1v) is 6.66. The van der Waals surface area contributed by atoms with Crippen LogP contribution >= 0.6 is 0 Å². The average molecular weight is 262 g/mol. The number of carbonyl (C=O) groups excluding carboxylic acids is 1. The topological polar surface area (TPSA) is 52.6 Å². The molecule has 1 atom stereocenters. The van der Waals surface area contributed by atoms with Crippen molar-refractivity contribution in [1.82, 2.24) is 5.32 Å². The summed E-state index contributed by atoms with van der Waals surface area (Å²) >= 11 is 0. The molecule has 2 rings (SSSR count). The number of aliphatic hydroxyl groups is 1. The van der Waals surface area contributed by atoms with E-state index in [1.165, 1.54) is 0 Å². The number of aliphatic hydroxyl groups excluding tert-OH is 1. The van der Waals surface area contributed by atoms with Crippen molar-refractivity contribution in [1.29, 1.82) is 0 Å². The number of nitrogens with zero attached hydrogens (tertiary/aromatic N) is 1. The number of nitrogens with one attached hydrogen (secondary N) is 1. The lowest BCUT2D eigenvalue weighted by Crippen LogP contribution is -2.62. The number of hydrogen-bond donors (Lipinski definition) is 2. The van der Waals surface area contributed by atoms with Crippen LogP contribution in [0.2, 0.25) is 0 Å². The lowest BCUT2D eigenvalue weighted by molar-refractivity contribution is 0.101. The van der Waals surface area contributed by atoms with Gasteiger partial charge in [-0.2, -0.15) is 0 Å². The Kier molecular flexibility index (Phi) is 3.92. The minimum atomic E-state index is 0.0188. The second kappa shape index (κ2) is 5.31. The van der Waals surface area contributed by atoms with Gasteiger partial charge in [0, 0.05) is 29.9 Å². The Balaban J connectivity index is 2.24. The fraction of sp³-hybridized carbons (Fsp3) is 0.533. The molecule has 4 heteroatoms. The Hall–Kier alpha value is -1.39. The van der Waals surface area contributed by atoms with Crippen LogP contribution in [-0.4, -0.2) is 42.2 Å². The average Bonchev–Trinajstić information content (AvgIpc) is 2.38. The fourth-order valence-corrected chi connectivity index (χ4v) is 2.47. The highest BCUT2D eigenvalue weighted by Crippen LogP contribution is 2.23. The van der Waals surface area contributed by atoms with Crippen LogP contribution in [0.1, 0.15) is 31.1 Å². The number of hydrogen-bond acceptors (Lipinski definition) is 4. The summed E-state index contributed by atoms with van der Waals surface area (Å²) in [6.07, 6.45) is 0. The molecule has 1 aliphatic rings. The van der Waals surface area contributed by atoms with Gasteiger partial charge in [-0.3, -0.25) is 4.79 Å². The highest BCUT2D eigenvalue weighted by atomic mass is 16.3. The molecule has 0 aliphatic carbocycles. The van der Waals surface area contributed by atoms with Gasteiger partial charge in [0.25, 0.3) is 0 Å². The molecule has 104 valence electrons. The Bertz CT molecular complexity index is 454. The molecule has 2 N–H and O–H groups in total. The SMILES string of the molecule is CC(=O)c1ccc(N2CC(C)(C)NCC2CO)cc1. The molecule has 1 heterocycles. The van der Waals surface area contributed by atoms with Crippen LogP contribution in [0.3, 0.4) is 0 Å². The summed E-state index contributed by atoms with van der Waals surface area (Å²) in [6, 6.07) is 7.69. The van der Waals surface area contributed by atoms with Gasteiger partial charge in [-0.05, 0) is 45.0 Å². The van der Waals surface area contributed by atoms with Crippen molar-refractivity contribution in [2.24, 2.45) is 0 Å². The van der Waals surface area contributed by atoms with Gasteiger partial charge in [0.05, 0.1) is 12.6 Å². The van der Waals surface area contributed by atoms with E-state index in [9.17, 15) is 9.90 Å².